The van der Waals surface area contributed by atoms with Gasteiger partial charge in [0.25, 0.3) is 0 Å². The van der Waals surface area contributed by atoms with E-state index < -0.39 is 0 Å². The number of hydrogen-bond acceptors (Lipinski definition) is 5. The zero-order valence-corrected chi connectivity index (χ0v) is 21.4. The molecule has 0 radical (unpaired) electrons. The number of para-hydroxylation sites is 1. The van der Waals surface area contributed by atoms with Crippen molar-refractivity contribution in [2.75, 3.05) is 30.9 Å². The summed E-state index contributed by atoms with van der Waals surface area (Å²) in [4.78, 5) is 11.7. The summed E-state index contributed by atoms with van der Waals surface area (Å²) in [7, 11) is 4.10. The minimum atomic E-state index is 0.449. The van der Waals surface area contributed by atoms with Crippen LogP contribution in [0.25, 0.3) is 10.9 Å². The van der Waals surface area contributed by atoms with E-state index in [4.69, 9.17) is 9.97 Å². The van der Waals surface area contributed by atoms with Gasteiger partial charge in [-0.1, -0.05) is 55.3 Å². The number of fused-ring (bicyclic) bond motifs is 1. The van der Waals surface area contributed by atoms with Crippen LogP contribution in [0.4, 0.5) is 11.8 Å². The molecule has 0 bridgehead atoms. The first kappa shape index (κ1) is 24.1. The molecule has 2 atom stereocenters. The smallest absolute Gasteiger partial charge is 0.225 e. The number of rotatable bonds is 8. The van der Waals surface area contributed by atoms with Crippen LogP contribution in [0.2, 0.25) is 0 Å². The standard InChI is InChI=1S/C30H41N5/c1-35(2)29-27-14-8-9-15-28(27)33-30(34-29)32-26-18-16-25(17-19-26)31-21-24-13-7-6-12-23(24)20-22-10-4-3-5-11-22/h3-5,8-11,14-15,23-26,31H,6-7,12-13,16-21H2,1-2H3,(H,32,33,34)/t23?,24-,25?,26?/m0/s1. The van der Waals surface area contributed by atoms with Gasteiger partial charge in [-0.3, -0.25) is 0 Å². The third-order valence-corrected chi connectivity index (χ3v) is 8.14. The highest BCUT2D eigenvalue weighted by Gasteiger charge is 2.27. The fourth-order valence-electron chi connectivity index (χ4n) is 6.15. The second-order valence-corrected chi connectivity index (χ2v) is 10.9. The molecule has 2 N–H and O–H groups in total. The van der Waals surface area contributed by atoms with E-state index in [0.717, 1.165) is 34.5 Å². The van der Waals surface area contributed by atoms with Crippen molar-refractivity contribution in [1.29, 1.82) is 0 Å². The topological polar surface area (TPSA) is 53.1 Å². The monoisotopic (exact) mass is 471 g/mol. The maximum absolute atomic E-state index is 4.84. The molecule has 2 fully saturated rings. The summed E-state index contributed by atoms with van der Waals surface area (Å²) in [5.41, 5.74) is 2.51. The summed E-state index contributed by atoms with van der Waals surface area (Å²) in [6.45, 7) is 1.18. The van der Waals surface area contributed by atoms with Gasteiger partial charge in [0.05, 0.1) is 5.52 Å². The van der Waals surface area contributed by atoms with E-state index in [9.17, 15) is 0 Å². The van der Waals surface area contributed by atoms with Crippen LogP contribution < -0.4 is 15.5 Å². The first-order chi connectivity index (χ1) is 17.2. The van der Waals surface area contributed by atoms with Crippen molar-refractivity contribution >= 4 is 22.7 Å². The molecular formula is C30H41N5. The van der Waals surface area contributed by atoms with Crippen LogP contribution in [0.3, 0.4) is 0 Å². The third-order valence-electron chi connectivity index (χ3n) is 8.14. The summed E-state index contributed by atoms with van der Waals surface area (Å²) >= 11 is 0. The molecule has 0 saturated heterocycles. The van der Waals surface area contributed by atoms with Crippen molar-refractivity contribution in [1.82, 2.24) is 15.3 Å². The van der Waals surface area contributed by atoms with E-state index in [0.29, 0.717) is 12.1 Å². The van der Waals surface area contributed by atoms with Gasteiger partial charge in [0.1, 0.15) is 5.82 Å². The molecule has 2 aliphatic carbocycles. The van der Waals surface area contributed by atoms with Crippen molar-refractivity contribution in [3.05, 3.63) is 60.2 Å². The fraction of sp³-hybridized carbons (Fsp3) is 0.533. The molecule has 1 aromatic heterocycles. The van der Waals surface area contributed by atoms with Crippen LogP contribution in [0.1, 0.15) is 56.9 Å². The van der Waals surface area contributed by atoms with Gasteiger partial charge >= 0.3 is 0 Å². The lowest BCUT2D eigenvalue weighted by molar-refractivity contribution is 0.214. The number of hydrogen-bond donors (Lipinski definition) is 2. The van der Waals surface area contributed by atoms with E-state index in [1.54, 1.807) is 0 Å². The van der Waals surface area contributed by atoms with Gasteiger partial charge in [0.2, 0.25) is 5.95 Å². The molecule has 0 aliphatic heterocycles. The Morgan fingerprint density at radius 1 is 0.771 bits per heavy atom. The summed E-state index contributed by atoms with van der Waals surface area (Å²) in [6, 6.07) is 20.5. The summed E-state index contributed by atoms with van der Waals surface area (Å²) in [6.07, 6.45) is 11.6. The minimum Gasteiger partial charge on any atom is -0.362 e. The zero-order chi connectivity index (χ0) is 24.0. The van der Waals surface area contributed by atoms with Crippen molar-refractivity contribution < 1.29 is 0 Å². The molecule has 186 valence electrons. The Kier molecular flexibility index (Phi) is 7.82. The predicted octanol–water partition coefficient (Wildman–Crippen LogP) is 6.06. The summed E-state index contributed by atoms with van der Waals surface area (Å²) in [5.74, 6) is 3.38. The highest BCUT2D eigenvalue weighted by Crippen LogP contribution is 2.33. The molecule has 0 amide bonds. The normalized spacial score (nSPS) is 24.9. The van der Waals surface area contributed by atoms with Crippen LogP contribution in [-0.2, 0) is 6.42 Å². The molecular weight excluding hydrogens is 430 g/mol. The summed E-state index contributed by atoms with van der Waals surface area (Å²) < 4.78 is 0. The van der Waals surface area contributed by atoms with E-state index in [1.807, 2.05) is 20.2 Å². The van der Waals surface area contributed by atoms with Gasteiger partial charge < -0.3 is 15.5 Å². The molecule has 0 spiro atoms. The van der Waals surface area contributed by atoms with Gasteiger partial charge in [-0.05, 0) is 81.0 Å². The second kappa shape index (κ2) is 11.4. The Morgan fingerprint density at radius 3 is 2.23 bits per heavy atom. The van der Waals surface area contributed by atoms with Crippen molar-refractivity contribution in [2.24, 2.45) is 11.8 Å². The number of aromatic nitrogens is 2. The first-order valence-corrected chi connectivity index (χ1v) is 13.6. The van der Waals surface area contributed by atoms with Crippen molar-refractivity contribution in [2.45, 2.75) is 69.9 Å². The Morgan fingerprint density at radius 2 is 1.46 bits per heavy atom. The maximum atomic E-state index is 4.84. The van der Waals surface area contributed by atoms with Crippen LogP contribution >= 0.6 is 0 Å². The fourth-order valence-corrected chi connectivity index (χ4v) is 6.15. The molecule has 2 aliphatic rings. The lowest BCUT2D eigenvalue weighted by Crippen LogP contribution is -2.41. The van der Waals surface area contributed by atoms with E-state index in [2.05, 4.69) is 64.1 Å². The molecule has 5 heteroatoms. The third kappa shape index (κ3) is 6.13. The van der Waals surface area contributed by atoms with Gasteiger partial charge in [0.15, 0.2) is 0 Å². The second-order valence-electron chi connectivity index (χ2n) is 10.9. The van der Waals surface area contributed by atoms with Gasteiger partial charge in [0, 0.05) is 31.6 Å². The Bertz CT molecular complexity index is 1070. The number of nitrogens with zero attached hydrogens (tertiary/aromatic N) is 3. The zero-order valence-electron chi connectivity index (χ0n) is 21.4. The van der Waals surface area contributed by atoms with Gasteiger partial charge in [-0.25, -0.2) is 4.98 Å². The number of nitrogens with one attached hydrogen (secondary N) is 2. The number of benzene rings is 2. The minimum absolute atomic E-state index is 0.449. The van der Waals surface area contributed by atoms with Crippen LogP contribution in [0, 0.1) is 11.8 Å². The maximum Gasteiger partial charge on any atom is 0.225 e. The molecule has 1 heterocycles. The lowest BCUT2D eigenvalue weighted by atomic mass is 9.76. The van der Waals surface area contributed by atoms with E-state index in [-0.39, 0.29) is 0 Å². The summed E-state index contributed by atoms with van der Waals surface area (Å²) in [5, 5.41) is 8.73. The average molecular weight is 472 g/mol. The SMILES string of the molecule is CN(C)c1nc(NC2CCC(NC[C@@H]3CCCCC3Cc3ccccc3)CC2)nc2ccccc12. The Balaban J connectivity index is 1.12. The quantitative estimate of drug-likeness (QED) is 0.418. The largest absolute Gasteiger partial charge is 0.362 e. The predicted molar refractivity (Wildman–Crippen MR) is 147 cm³/mol. The van der Waals surface area contributed by atoms with Crippen LogP contribution in [-0.4, -0.2) is 42.7 Å². The van der Waals surface area contributed by atoms with Crippen molar-refractivity contribution in [3.8, 4) is 0 Å². The molecule has 35 heavy (non-hydrogen) atoms. The van der Waals surface area contributed by atoms with Gasteiger partial charge in [-0.2, -0.15) is 4.98 Å². The van der Waals surface area contributed by atoms with Crippen LogP contribution in [0.5, 0.6) is 0 Å². The highest BCUT2D eigenvalue weighted by atomic mass is 15.2. The molecule has 2 aromatic carbocycles. The van der Waals surface area contributed by atoms with E-state index >= 15 is 0 Å². The Labute approximate surface area is 210 Å². The highest BCUT2D eigenvalue weighted by molar-refractivity contribution is 5.90. The van der Waals surface area contributed by atoms with Gasteiger partial charge in [-0.15, -0.1) is 0 Å². The first-order valence-electron chi connectivity index (χ1n) is 13.6. The molecule has 3 aromatic rings. The molecule has 2 saturated carbocycles. The lowest BCUT2D eigenvalue weighted by Gasteiger charge is -2.35. The van der Waals surface area contributed by atoms with E-state index in [1.165, 1.54) is 69.9 Å². The average Bonchev–Trinajstić information content (AvgIpc) is 2.89. The van der Waals surface area contributed by atoms with Crippen molar-refractivity contribution in [3.63, 3.8) is 0 Å². The Hall–Kier alpha value is -2.66. The molecule has 5 nitrogen and oxygen atoms in total. The van der Waals surface area contributed by atoms with Crippen LogP contribution in [0.15, 0.2) is 54.6 Å². The molecule has 5 rings (SSSR count). The number of anilines is 2. The molecule has 1 unspecified atom stereocenters.